The molecule has 3 aromatic carbocycles. The standard InChI is InChI=1S/C45H49ClN8O5/c1-47-38-8-6-34(27-37(38)46)51-18-13-45(14-19-51)15-20-53(29-45)32-4-2-3-31(25-32)42(57)52-23-21-49(22-24-52)28-30-11-16-50(17-12-30)33-5-7-35-36(26-33)44(59)54(43(35)58)39-9-10-40(55)48-41(39)56/h2-8,25-27,30,39H,9-24,28-29H2,(H,48,55,56). The van der Waals surface area contributed by atoms with Gasteiger partial charge in [-0.05, 0) is 98.4 Å². The molecule has 14 heteroatoms. The Morgan fingerprint density at radius 2 is 1.41 bits per heavy atom. The summed E-state index contributed by atoms with van der Waals surface area (Å²) in [5, 5.41) is 2.76. The quantitative estimate of drug-likeness (QED) is 0.245. The number of nitrogens with one attached hydrogen (secondary N) is 1. The van der Waals surface area contributed by atoms with E-state index in [1.54, 1.807) is 12.1 Å². The van der Waals surface area contributed by atoms with E-state index in [1.807, 2.05) is 41.3 Å². The molecule has 1 atom stereocenters. The first kappa shape index (κ1) is 39.0. The minimum atomic E-state index is -0.973. The Labute approximate surface area is 349 Å². The maximum absolute atomic E-state index is 13.8. The molecule has 0 aliphatic carbocycles. The molecule has 1 unspecified atom stereocenters. The van der Waals surface area contributed by atoms with Crippen LogP contribution in [0.1, 0.15) is 76.0 Å². The third-order valence-electron chi connectivity index (χ3n) is 13.7. The third-order valence-corrected chi connectivity index (χ3v) is 14.0. The number of benzene rings is 3. The number of piperidine rings is 3. The molecule has 5 amide bonds. The van der Waals surface area contributed by atoms with Crippen LogP contribution in [0.25, 0.3) is 4.85 Å². The number of carbonyl (C=O) groups is 5. The van der Waals surface area contributed by atoms with Crippen LogP contribution in [0.5, 0.6) is 0 Å². The van der Waals surface area contributed by atoms with E-state index in [4.69, 9.17) is 18.2 Å². The van der Waals surface area contributed by atoms with Crippen LogP contribution < -0.4 is 20.0 Å². The number of fused-ring (bicyclic) bond motifs is 1. The molecule has 306 valence electrons. The summed E-state index contributed by atoms with van der Waals surface area (Å²) in [6, 6.07) is 18.3. The Morgan fingerprint density at radius 1 is 0.746 bits per heavy atom. The Kier molecular flexibility index (Phi) is 10.6. The van der Waals surface area contributed by atoms with E-state index in [1.165, 1.54) is 0 Å². The fourth-order valence-electron chi connectivity index (χ4n) is 10.1. The number of imide groups is 2. The maximum Gasteiger partial charge on any atom is 0.262 e. The predicted octanol–water partition coefficient (Wildman–Crippen LogP) is 5.46. The number of amides is 5. The summed E-state index contributed by atoms with van der Waals surface area (Å²) in [5.41, 5.74) is 5.20. The second-order valence-corrected chi connectivity index (χ2v) is 17.6. The van der Waals surface area contributed by atoms with Crippen molar-refractivity contribution >= 4 is 63.9 Å². The molecular weight excluding hydrogens is 768 g/mol. The molecule has 6 aliphatic rings. The van der Waals surface area contributed by atoms with Crippen molar-refractivity contribution in [2.45, 2.75) is 51.0 Å². The van der Waals surface area contributed by atoms with E-state index >= 15 is 0 Å². The third kappa shape index (κ3) is 7.64. The lowest BCUT2D eigenvalue weighted by Crippen LogP contribution is -2.54. The van der Waals surface area contributed by atoms with Crippen LogP contribution in [0.15, 0.2) is 60.7 Å². The van der Waals surface area contributed by atoms with Crippen LogP contribution in [0.3, 0.4) is 0 Å². The zero-order valence-corrected chi connectivity index (χ0v) is 34.0. The second kappa shape index (κ2) is 16.0. The Hall–Kier alpha value is -5.45. The van der Waals surface area contributed by atoms with Crippen molar-refractivity contribution in [1.82, 2.24) is 20.0 Å². The number of carbonyl (C=O) groups excluding carboxylic acids is 5. The first-order chi connectivity index (χ1) is 28.6. The Bertz CT molecular complexity index is 2230. The van der Waals surface area contributed by atoms with E-state index in [2.05, 4.69) is 41.9 Å². The number of halogens is 1. The van der Waals surface area contributed by atoms with Crippen molar-refractivity contribution < 1.29 is 24.0 Å². The summed E-state index contributed by atoms with van der Waals surface area (Å²) in [5.74, 6) is -1.35. The van der Waals surface area contributed by atoms with Crippen LogP contribution in [0.2, 0.25) is 5.02 Å². The highest BCUT2D eigenvalue weighted by Crippen LogP contribution is 2.43. The monoisotopic (exact) mass is 816 g/mol. The zero-order valence-electron chi connectivity index (χ0n) is 33.2. The van der Waals surface area contributed by atoms with E-state index in [9.17, 15) is 24.0 Å². The van der Waals surface area contributed by atoms with Gasteiger partial charge in [0.1, 0.15) is 6.04 Å². The Balaban J connectivity index is 0.732. The van der Waals surface area contributed by atoms with Crippen molar-refractivity contribution in [3.05, 3.63) is 93.8 Å². The molecule has 0 radical (unpaired) electrons. The average molecular weight is 817 g/mol. The lowest BCUT2D eigenvalue weighted by molar-refractivity contribution is -0.136. The molecule has 6 heterocycles. The number of nitrogens with zero attached hydrogens (tertiary/aromatic N) is 7. The summed E-state index contributed by atoms with van der Waals surface area (Å²) in [7, 11) is 0. The molecule has 0 bridgehead atoms. The van der Waals surface area contributed by atoms with Gasteiger partial charge in [0.15, 0.2) is 0 Å². The van der Waals surface area contributed by atoms with Crippen LogP contribution in [0.4, 0.5) is 22.7 Å². The molecule has 59 heavy (non-hydrogen) atoms. The van der Waals surface area contributed by atoms with Gasteiger partial charge in [-0.15, -0.1) is 0 Å². The topological polar surface area (TPSA) is 121 Å². The first-order valence-electron chi connectivity index (χ1n) is 21.0. The molecule has 3 aromatic rings. The minimum Gasteiger partial charge on any atom is -0.372 e. The number of anilines is 3. The molecule has 1 N–H and O–H groups in total. The maximum atomic E-state index is 13.8. The van der Waals surface area contributed by atoms with Crippen LogP contribution >= 0.6 is 11.6 Å². The van der Waals surface area contributed by atoms with Crippen molar-refractivity contribution in [1.29, 1.82) is 0 Å². The predicted molar refractivity (Wildman–Crippen MR) is 225 cm³/mol. The first-order valence-corrected chi connectivity index (χ1v) is 21.3. The molecule has 5 saturated heterocycles. The van der Waals surface area contributed by atoms with Gasteiger partial charge in [0.05, 0.1) is 17.7 Å². The van der Waals surface area contributed by atoms with Gasteiger partial charge in [-0.1, -0.05) is 23.7 Å². The van der Waals surface area contributed by atoms with Crippen molar-refractivity contribution in [3.8, 4) is 0 Å². The van der Waals surface area contributed by atoms with E-state index in [-0.39, 0.29) is 24.2 Å². The fraction of sp³-hybridized carbons (Fsp3) is 0.467. The van der Waals surface area contributed by atoms with Gasteiger partial charge in [0.25, 0.3) is 17.7 Å². The number of hydrogen-bond acceptors (Lipinski definition) is 9. The van der Waals surface area contributed by atoms with Gasteiger partial charge in [-0.25, -0.2) is 4.85 Å². The molecule has 0 saturated carbocycles. The highest BCUT2D eigenvalue weighted by molar-refractivity contribution is 6.33. The summed E-state index contributed by atoms with van der Waals surface area (Å²) < 4.78 is 0. The van der Waals surface area contributed by atoms with E-state index < -0.39 is 29.7 Å². The summed E-state index contributed by atoms with van der Waals surface area (Å²) in [4.78, 5) is 80.4. The Morgan fingerprint density at radius 3 is 2.12 bits per heavy atom. The lowest BCUT2D eigenvalue weighted by Gasteiger charge is -2.40. The van der Waals surface area contributed by atoms with Gasteiger partial charge in [0.2, 0.25) is 17.5 Å². The van der Waals surface area contributed by atoms with Gasteiger partial charge < -0.3 is 19.6 Å². The molecule has 5 fully saturated rings. The molecule has 6 aliphatic heterocycles. The SMILES string of the molecule is [C-]#[N+]c1ccc(N2CCC3(CC2)CCN(c2cccc(C(=O)N4CCN(CC5CCN(c6ccc7c(c6)C(=O)N(C6CCC(=O)NC6=O)C7=O)CC5)CC4)c2)C3)cc1Cl. The largest absolute Gasteiger partial charge is 0.372 e. The second-order valence-electron chi connectivity index (χ2n) is 17.2. The van der Waals surface area contributed by atoms with E-state index in [0.29, 0.717) is 40.8 Å². The number of hydrogen-bond donors (Lipinski definition) is 1. The van der Waals surface area contributed by atoms with Gasteiger partial charge in [-0.3, -0.25) is 39.1 Å². The molecule has 9 rings (SSSR count). The lowest BCUT2D eigenvalue weighted by atomic mass is 9.77. The van der Waals surface area contributed by atoms with E-state index in [0.717, 1.165) is 119 Å². The molecular formula is C45H49ClN8O5. The highest BCUT2D eigenvalue weighted by Gasteiger charge is 2.45. The van der Waals surface area contributed by atoms with Gasteiger partial charge in [0, 0.05) is 106 Å². The van der Waals surface area contributed by atoms with Crippen molar-refractivity contribution in [2.75, 3.05) is 86.7 Å². The average Bonchev–Trinajstić information content (AvgIpc) is 3.78. The summed E-state index contributed by atoms with van der Waals surface area (Å²) in [6.45, 7) is 16.9. The normalized spacial score (nSPS) is 22.6. The zero-order chi connectivity index (χ0) is 40.8. The fourth-order valence-corrected chi connectivity index (χ4v) is 10.3. The van der Waals surface area contributed by atoms with Crippen molar-refractivity contribution in [2.24, 2.45) is 11.3 Å². The number of piperazine rings is 1. The number of rotatable bonds is 7. The molecule has 1 spiro atoms. The molecule has 0 aromatic heterocycles. The van der Waals surface area contributed by atoms with Crippen LogP contribution in [0, 0.1) is 17.9 Å². The van der Waals surface area contributed by atoms with Gasteiger partial charge in [-0.2, -0.15) is 0 Å². The minimum absolute atomic E-state index is 0.0924. The summed E-state index contributed by atoms with van der Waals surface area (Å²) >= 11 is 6.34. The molecule has 13 nitrogen and oxygen atoms in total. The van der Waals surface area contributed by atoms with Crippen LogP contribution in [-0.2, 0) is 9.59 Å². The van der Waals surface area contributed by atoms with Crippen molar-refractivity contribution in [3.63, 3.8) is 0 Å². The smallest absolute Gasteiger partial charge is 0.262 e. The highest BCUT2D eigenvalue weighted by atomic mass is 35.5. The summed E-state index contributed by atoms with van der Waals surface area (Å²) in [6.07, 6.45) is 5.57. The van der Waals surface area contributed by atoms with Gasteiger partial charge >= 0.3 is 0 Å². The van der Waals surface area contributed by atoms with Crippen LogP contribution in [-0.4, -0.2) is 122 Å².